The van der Waals surface area contributed by atoms with Crippen LogP contribution < -0.4 is 0 Å². The summed E-state index contributed by atoms with van der Waals surface area (Å²) in [5.74, 6) is -0.273. The fraction of sp³-hybridized carbons (Fsp3) is 0.417. The normalized spacial score (nSPS) is 8.57. The summed E-state index contributed by atoms with van der Waals surface area (Å²) >= 11 is 0. The van der Waals surface area contributed by atoms with Crippen molar-refractivity contribution in [3.05, 3.63) is 35.4 Å². The highest BCUT2D eigenvalue weighted by Crippen LogP contribution is 2.06. The standard InChI is InChI=1S/C10H12O2.C2H6/c1-3-8-5-4-6-9(7-8)10(11)12-2;1-2/h4-7H,3H2,1-2H3;1-2H3. The highest BCUT2D eigenvalue weighted by molar-refractivity contribution is 5.89. The van der Waals surface area contributed by atoms with E-state index in [9.17, 15) is 4.79 Å². The summed E-state index contributed by atoms with van der Waals surface area (Å²) in [6.45, 7) is 6.05. The van der Waals surface area contributed by atoms with Gasteiger partial charge in [0.15, 0.2) is 0 Å². The smallest absolute Gasteiger partial charge is 0.337 e. The van der Waals surface area contributed by atoms with E-state index < -0.39 is 0 Å². The molecule has 0 N–H and O–H groups in total. The van der Waals surface area contributed by atoms with Crippen molar-refractivity contribution in [2.75, 3.05) is 7.11 Å². The molecule has 1 aromatic carbocycles. The molecule has 78 valence electrons. The number of rotatable bonds is 2. The predicted octanol–water partition coefficient (Wildman–Crippen LogP) is 3.06. The average molecular weight is 194 g/mol. The van der Waals surface area contributed by atoms with Gasteiger partial charge in [0.05, 0.1) is 12.7 Å². The number of hydrogen-bond donors (Lipinski definition) is 0. The van der Waals surface area contributed by atoms with E-state index in [2.05, 4.69) is 11.7 Å². The van der Waals surface area contributed by atoms with E-state index in [1.54, 1.807) is 6.07 Å². The first-order valence-electron chi connectivity index (χ1n) is 4.95. The fourth-order valence-corrected chi connectivity index (χ4v) is 1.04. The lowest BCUT2D eigenvalue weighted by Gasteiger charge is -2.00. The van der Waals surface area contributed by atoms with Crippen molar-refractivity contribution in [3.63, 3.8) is 0 Å². The predicted molar refractivity (Wildman–Crippen MR) is 58.5 cm³/mol. The molecule has 0 aliphatic rings. The van der Waals surface area contributed by atoms with Crippen LogP contribution in [0.1, 0.15) is 36.7 Å². The first-order valence-corrected chi connectivity index (χ1v) is 4.95. The van der Waals surface area contributed by atoms with Gasteiger partial charge >= 0.3 is 5.97 Å². The van der Waals surface area contributed by atoms with Gasteiger partial charge in [-0.1, -0.05) is 32.9 Å². The second-order valence-electron chi connectivity index (χ2n) is 2.55. The van der Waals surface area contributed by atoms with Gasteiger partial charge in [0.2, 0.25) is 0 Å². The molecule has 1 rings (SSSR count). The summed E-state index contributed by atoms with van der Waals surface area (Å²) in [6, 6.07) is 7.47. The Morgan fingerprint density at radius 2 is 2.00 bits per heavy atom. The molecule has 2 nitrogen and oxygen atoms in total. The number of esters is 1. The zero-order valence-corrected chi connectivity index (χ0v) is 9.33. The second-order valence-corrected chi connectivity index (χ2v) is 2.55. The molecular weight excluding hydrogens is 176 g/mol. The first kappa shape index (κ1) is 12.7. The molecule has 2 heteroatoms. The van der Waals surface area contributed by atoms with Crippen LogP contribution in [0.4, 0.5) is 0 Å². The van der Waals surface area contributed by atoms with E-state index in [-0.39, 0.29) is 5.97 Å². The van der Waals surface area contributed by atoms with Crippen LogP contribution in [0.15, 0.2) is 24.3 Å². The molecule has 0 bridgehead atoms. The summed E-state index contributed by atoms with van der Waals surface area (Å²) in [4.78, 5) is 11.1. The third-order valence-electron chi connectivity index (χ3n) is 1.76. The molecule has 0 aromatic heterocycles. The van der Waals surface area contributed by atoms with Crippen LogP contribution in [-0.4, -0.2) is 13.1 Å². The molecule has 0 spiro atoms. The van der Waals surface area contributed by atoms with Gasteiger partial charge < -0.3 is 4.74 Å². The number of carbonyl (C=O) groups excluding carboxylic acids is 1. The van der Waals surface area contributed by atoms with Crippen molar-refractivity contribution < 1.29 is 9.53 Å². The molecule has 0 fully saturated rings. The van der Waals surface area contributed by atoms with Crippen LogP contribution in [0.25, 0.3) is 0 Å². The third-order valence-corrected chi connectivity index (χ3v) is 1.76. The van der Waals surface area contributed by atoms with Crippen LogP contribution in [0.2, 0.25) is 0 Å². The minimum atomic E-state index is -0.273. The topological polar surface area (TPSA) is 26.3 Å². The summed E-state index contributed by atoms with van der Waals surface area (Å²) in [6.07, 6.45) is 0.935. The lowest BCUT2D eigenvalue weighted by Crippen LogP contribution is -2.01. The summed E-state index contributed by atoms with van der Waals surface area (Å²) in [5.41, 5.74) is 1.77. The van der Waals surface area contributed by atoms with Crippen molar-refractivity contribution in [2.24, 2.45) is 0 Å². The lowest BCUT2D eigenvalue weighted by atomic mass is 10.1. The van der Waals surface area contributed by atoms with Gasteiger partial charge in [-0.05, 0) is 24.1 Å². The Kier molecular flexibility index (Phi) is 6.46. The van der Waals surface area contributed by atoms with Gasteiger partial charge in [0, 0.05) is 0 Å². The lowest BCUT2D eigenvalue weighted by molar-refractivity contribution is 0.0600. The van der Waals surface area contributed by atoms with Gasteiger partial charge in [-0.15, -0.1) is 0 Å². The molecular formula is C12H18O2. The van der Waals surface area contributed by atoms with Gasteiger partial charge in [-0.2, -0.15) is 0 Å². The Balaban J connectivity index is 0.000000791. The van der Waals surface area contributed by atoms with Crippen LogP contribution >= 0.6 is 0 Å². The minimum absolute atomic E-state index is 0.273. The van der Waals surface area contributed by atoms with E-state index in [0.29, 0.717) is 5.56 Å². The van der Waals surface area contributed by atoms with Crippen molar-refractivity contribution in [3.8, 4) is 0 Å². The third kappa shape index (κ3) is 3.60. The Bertz CT molecular complexity index is 279. The van der Waals surface area contributed by atoms with Crippen molar-refractivity contribution in [2.45, 2.75) is 27.2 Å². The van der Waals surface area contributed by atoms with Crippen LogP contribution in [0.5, 0.6) is 0 Å². The maximum atomic E-state index is 11.1. The molecule has 0 saturated carbocycles. The number of methoxy groups -OCH3 is 1. The van der Waals surface area contributed by atoms with E-state index in [1.807, 2.05) is 32.0 Å². The molecule has 0 heterocycles. The number of ether oxygens (including phenoxy) is 1. The van der Waals surface area contributed by atoms with Gasteiger partial charge in [-0.3, -0.25) is 0 Å². The number of benzene rings is 1. The highest BCUT2D eigenvalue weighted by Gasteiger charge is 2.03. The van der Waals surface area contributed by atoms with E-state index in [0.717, 1.165) is 12.0 Å². The fourth-order valence-electron chi connectivity index (χ4n) is 1.04. The highest BCUT2D eigenvalue weighted by atomic mass is 16.5. The van der Waals surface area contributed by atoms with Crippen LogP contribution in [-0.2, 0) is 11.2 Å². The molecule has 0 atom stereocenters. The number of aryl methyl sites for hydroxylation is 1. The van der Waals surface area contributed by atoms with Crippen LogP contribution in [0.3, 0.4) is 0 Å². The maximum Gasteiger partial charge on any atom is 0.337 e. The average Bonchev–Trinajstić information content (AvgIpc) is 2.30. The van der Waals surface area contributed by atoms with Crippen molar-refractivity contribution in [1.82, 2.24) is 0 Å². The summed E-state index contributed by atoms with van der Waals surface area (Å²) in [5, 5.41) is 0. The summed E-state index contributed by atoms with van der Waals surface area (Å²) < 4.78 is 4.60. The zero-order valence-electron chi connectivity index (χ0n) is 9.33. The Hall–Kier alpha value is -1.31. The molecule has 0 aliphatic carbocycles. The monoisotopic (exact) mass is 194 g/mol. The van der Waals surface area contributed by atoms with E-state index in [1.165, 1.54) is 7.11 Å². The van der Waals surface area contributed by atoms with Crippen molar-refractivity contribution in [1.29, 1.82) is 0 Å². The maximum absolute atomic E-state index is 11.1. The van der Waals surface area contributed by atoms with Gasteiger partial charge in [0.25, 0.3) is 0 Å². The van der Waals surface area contributed by atoms with Crippen molar-refractivity contribution >= 4 is 5.97 Å². The molecule has 14 heavy (non-hydrogen) atoms. The van der Waals surface area contributed by atoms with E-state index >= 15 is 0 Å². The van der Waals surface area contributed by atoms with E-state index in [4.69, 9.17) is 0 Å². The molecule has 0 saturated heterocycles. The number of carbonyl (C=O) groups is 1. The Morgan fingerprint density at radius 1 is 1.36 bits per heavy atom. The van der Waals surface area contributed by atoms with Gasteiger partial charge in [0.1, 0.15) is 0 Å². The van der Waals surface area contributed by atoms with Gasteiger partial charge in [-0.25, -0.2) is 4.79 Å². The molecule has 1 aromatic rings. The summed E-state index contributed by atoms with van der Waals surface area (Å²) in [7, 11) is 1.39. The second kappa shape index (κ2) is 7.13. The molecule has 0 aliphatic heterocycles. The number of hydrogen-bond acceptors (Lipinski definition) is 2. The first-order chi connectivity index (χ1) is 6.77. The zero-order chi connectivity index (χ0) is 11.0. The quantitative estimate of drug-likeness (QED) is 0.676. The minimum Gasteiger partial charge on any atom is -0.465 e. The Morgan fingerprint density at radius 3 is 2.50 bits per heavy atom. The largest absolute Gasteiger partial charge is 0.465 e. The Labute approximate surface area is 85.9 Å². The molecule has 0 amide bonds. The SMILES string of the molecule is CC.CCc1cccc(C(=O)OC)c1. The molecule has 0 unspecified atom stereocenters. The van der Waals surface area contributed by atoms with Crippen LogP contribution in [0, 0.1) is 0 Å². The molecule has 0 radical (unpaired) electrons.